The van der Waals surface area contributed by atoms with E-state index in [2.05, 4.69) is 0 Å². The van der Waals surface area contributed by atoms with Crippen LogP contribution in [0.25, 0.3) is 0 Å². The zero-order valence-electron chi connectivity index (χ0n) is 6.91. The van der Waals surface area contributed by atoms with Gasteiger partial charge in [0, 0.05) is 0 Å². The molecular weight excluding hydrogens is 122 g/mol. The van der Waals surface area contributed by atoms with Gasteiger partial charge in [0.15, 0.2) is 0 Å². The quantitative estimate of drug-likeness (QED) is 0.527. The average Bonchev–Trinajstić information content (AvgIpc) is 1.90. The highest BCUT2D eigenvalue weighted by molar-refractivity contribution is 4.99. The third kappa shape index (κ3) is 10.2. The number of hydrogen-bond acceptors (Lipinski definition) is 1. The molecule has 10 heavy (non-hydrogen) atoms. The van der Waals surface area contributed by atoms with Crippen LogP contribution in [0.1, 0.15) is 0 Å². The summed E-state index contributed by atoms with van der Waals surface area (Å²) in [6.45, 7) is 0. The Balaban J connectivity index is 0.000000180. The van der Waals surface area contributed by atoms with Gasteiger partial charge in [0.05, 0.1) is 0 Å². The average molecular weight is 137 g/mol. The fourth-order valence-electron chi connectivity index (χ4n) is 0.385. The SMILES string of the molecule is CN(C)C.c1ccccc1. The van der Waals surface area contributed by atoms with E-state index in [1.54, 1.807) is 0 Å². The van der Waals surface area contributed by atoms with Gasteiger partial charge in [0.25, 0.3) is 0 Å². The summed E-state index contributed by atoms with van der Waals surface area (Å²) in [7, 11) is 6.00. The van der Waals surface area contributed by atoms with Crippen molar-refractivity contribution in [2.45, 2.75) is 0 Å². The maximum Gasteiger partial charge on any atom is -0.0140 e. The second kappa shape index (κ2) is 6.30. The maximum absolute atomic E-state index is 2.00. The molecule has 1 aromatic carbocycles. The molecule has 0 saturated heterocycles. The lowest BCUT2D eigenvalue weighted by molar-refractivity contribution is 0.505. The van der Waals surface area contributed by atoms with Crippen LogP contribution < -0.4 is 0 Å². The highest BCUT2D eigenvalue weighted by Gasteiger charge is 1.58. The highest BCUT2D eigenvalue weighted by Crippen LogP contribution is 1.79. The molecule has 0 spiro atoms. The molecule has 56 valence electrons. The fraction of sp³-hybridized carbons (Fsp3) is 0.333. The molecule has 0 radical (unpaired) electrons. The van der Waals surface area contributed by atoms with Crippen LogP contribution in [0.2, 0.25) is 0 Å². The normalized spacial score (nSPS) is 8.40. The summed E-state index contributed by atoms with van der Waals surface area (Å²) in [5.74, 6) is 0. The summed E-state index contributed by atoms with van der Waals surface area (Å²) in [4.78, 5) is 2.00. The van der Waals surface area contributed by atoms with Crippen molar-refractivity contribution in [3.63, 3.8) is 0 Å². The monoisotopic (exact) mass is 137 g/mol. The fourth-order valence-corrected chi connectivity index (χ4v) is 0.385. The minimum Gasteiger partial charge on any atom is -0.312 e. The van der Waals surface area contributed by atoms with Crippen molar-refractivity contribution in [1.82, 2.24) is 4.90 Å². The van der Waals surface area contributed by atoms with E-state index in [1.807, 2.05) is 62.4 Å². The van der Waals surface area contributed by atoms with Crippen molar-refractivity contribution in [3.8, 4) is 0 Å². The molecule has 0 fully saturated rings. The van der Waals surface area contributed by atoms with E-state index >= 15 is 0 Å². The minimum absolute atomic E-state index is 2.00. The maximum atomic E-state index is 2.00. The third-order valence-electron chi connectivity index (χ3n) is 0.667. The molecule has 0 atom stereocenters. The first-order valence-electron chi connectivity index (χ1n) is 3.34. The molecular formula is C9H15N. The van der Waals surface area contributed by atoms with E-state index in [-0.39, 0.29) is 0 Å². The summed E-state index contributed by atoms with van der Waals surface area (Å²) in [6, 6.07) is 12.0. The molecule has 0 aromatic heterocycles. The lowest BCUT2D eigenvalue weighted by atomic mass is 10.4. The Hall–Kier alpha value is -0.820. The van der Waals surface area contributed by atoms with Crippen molar-refractivity contribution in [1.29, 1.82) is 0 Å². The van der Waals surface area contributed by atoms with Crippen molar-refractivity contribution in [2.75, 3.05) is 21.1 Å². The Morgan fingerprint density at radius 1 is 0.600 bits per heavy atom. The van der Waals surface area contributed by atoms with Crippen molar-refractivity contribution in [3.05, 3.63) is 36.4 Å². The molecule has 1 nitrogen and oxygen atoms in total. The minimum atomic E-state index is 2.00. The molecule has 0 saturated carbocycles. The van der Waals surface area contributed by atoms with E-state index in [9.17, 15) is 0 Å². The molecule has 1 heteroatoms. The van der Waals surface area contributed by atoms with Crippen LogP contribution in [0, 0.1) is 0 Å². The van der Waals surface area contributed by atoms with Gasteiger partial charge in [-0.25, -0.2) is 0 Å². The summed E-state index contributed by atoms with van der Waals surface area (Å²) in [5.41, 5.74) is 0. The van der Waals surface area contributed by atoms with Crippen LogP contribution in [0.3, 0.4) is 0 Å². The van der Waals surface area contributed by atoms with Crippen LogP contribution in [0.5, 0.6) is 0 Å². The Bertz CT molecular complexity index is 105. The van der Waals surface area contributed by atoms with Gasteiger partial charge < -0.3 is 4.90 Å². The molecule has 1 rings (SSSR count). The van der Waals surface area contributed by atoms with Crippen LogP contribution in [-0.4, -0.2) is 26.0 Å². The van der Waals surface area contributed by atoms with Crippen LogP contribution in [0.4, 0.5) is 0 Å². The van der Waals surface area contributed by atoms with Gasteiger partial charge in [-0.05, 0) is 21.1 Å². The van der Waals surface area contributed by atoms with Gasteiger partial charge in [-0.2, -0.15) is 0 Å². The van der Waals surface area contributed by atoms with E-state index in [4.69, 9.17) is 0 Å². The van der Waals surface area contributed by atoms with E-state index in [0.29, 0.717) is 0 Å². The van der Waals surface area contributed by atoms with Gasteiger partial charge in [0.2, 0.25) is 0 Å². The van der Waals surface area contributed by atoms with Gasteiger partial charge in [-0.15, -0.1) is 0 Å². The predicted octanol–water partition coefficient (Wildman–Crippen LogP) is 1.86. The predicted molar refractivity (Wildman–Crippen MR) is 46.1 cm³/mol. The van der Waals surface area contributed by atoms with Crippen LogP contribution in [0.15, 0.2) is 36.4 Å². The Labute approximate surface area is 63.3 Å². The van der Waals surface area contributed by atoms with Gasteiger partial charge in [-0.3, -0.25) is 0 Å². The highest BCUT2D eigenvalue weighted by atomic mass is 15.0. The van der Waals surface area contributed by atoms with Crippen molar-refractivity contribution >= 4 is 0 Å². The number of nitrogens with zero attached hydrogens (tertiary/aromatic N) is 1. The summed E-state index contributed by atoms with van der Waals surface area (Å²) >= 11 is 0. The Morgan fingerprint density at radius 3 is 0.800 bits per heavy atom. The first-order valence-corrected chi connectivity index (χ1v) is 3.34. The summed E-state index contributed by atoms with van der Waals surface area (Å²) < 4.78 is 0. The standard InChI is InChI=1S/C6H6.C3H9N/c1-2-4-6-5-3-1;1-4(2)3/h1-6H;1-3H3. The second-order valence-corrected chi connectivity index (χ2v) is 2.50. The first-order chi connectivity index (χ1) is 4.73. The van der Waals surface area contributed by atoms with Crippen molar-refractivity contribution < 1.29 is 0 Å². The molecule has 0 bridgehead atoms. The van der Waals surface area contributed by atoms with Crippen LogP contribution >= 0.6 is 0 Å². The number of rotatable bonds is 0. The Kier molecular flexibility index (Phi) is 5.79. The topological polar surface area (TPSA) is 3.24 Å². The van der Waals surface area contributed by atoms with E-state index in [1.165, 1.54) is 0 Å². The summed E-state index contributed by atoms with van der Waals surface area (Å²) in [5, 5.41) is 0. The largest absolute Gasteiger partial charge is 0.312 e. The molecule has 0 N–H and O–H groups in total. The first kappa shape index (κ1) is 9.18. The molecule has 0 unspecified atom stereocenters. The Morgan fingerprint density at radius 2 is 0.700 bits per heavy atom. The number of benzene rings is 1. The summed E-state index contributed by atoms with van der Waals surface area (Å²) in [6.07, 6.45) is 0. The molecule has 0 amide bonds. The smallest absolute Gasteiger partial charge is 0.0140 e. The van der Waals surface area contributed by atoms with Gasteiger partial charge >= 0.3 is 0 Å². The lowest BCUT2D eigenvalue weighted by Crippen LogP contribution is -1.99. The molecule has 0 aliphatic heterocycles. The van der Waals surface area contributed by atoms with Gasteiger partial charge in [-0.1, -0.05) is 36.4 Å². The lowest BCUT2D eigenvalue weighted by Gasteiger charge is -1.90. The second-order valence-electron chi connectivity index (χ2n) is 2.50. The zero-order chi connectivity index (χ0) is 7.82. The molecule has 0 heterocycles. The zero-order valence-corrected chi connectivity index (χ0v) is 6.91. The molecule has 0 aliphatic rings. The molecule has 1 aromatic rings. The molecule has 0 aliphatic carbocycles. The van der Waals surface area contributed by atoms with E-state index in [0.717, 1.165) is 0 Å². The van der Waals surface area contributed by atoms with Crippen molar-refractivity contribution in [2.24, 2.45) is 0 Å². The number of hydrogen-bond donors (Lipinski definition) is 0. The third-order valence-corrected chi connectivity index (χ3v) is 0.667. The van der Waals surface area contributed by atoms with Gasteiger partial charge in [0.1, 0.15) is 0 Å². The van der Waals surface area contributed by atoms with E-state index < -0.39 is 0 Å². The van der Waals surface area contributed by atoms with Crippen LogP contribution in [-0.2, 0) is 0 Å².